The fraction of sp³-hybridized carbons (Fsp3) is 0.278. The molecule has 2 aromatic carbocycles. The van der Waals surface area contributed by atoms with Crippen LogP contribution >= 0.6 is 0 Å². The van der Waals surface area contributed by atoms with E-state index in [9.17, 15) is 18.0 Å². The number of rotatable bonds is 5. The highest BCUT2D eigenvalue weighted by Gasteiger charge is 2.35. The summed E-state index contributed by atoms with van der Waals surface area (Å²) >= 11 is 0. The summed E-state index contributed by atoms with van der Waals surface area (Å²) in [5.74, 6) is 0.232. The number of halogens is 3. The molecule has 1 atom stereocenters. The second-order valence-corrected chi connectivity index (χ2v) is 5.35. The lowest BCUT2D eigenvalue weighted by Crippen LogP contribution is -2.29. The molecule has 0 aliphatic rings. The van der Waals surface area contributed by atoms with Gasteiger partial charge in [0.05, 0.1) is 31.4 Å². The van der Waals surface area contributed by atoms with E-state index in [1.165, 1.54) is 26.4 Å². The lowest BCUT2D eigenvalue weighted by atomic mass is 10.0. The largest absolute Gasteiger partial charge is 0.497 e. The minimum absolute atomic E-state index is 0.427. The molecular formula is C18H18F3NO3. The van der Waals surface area contributed by atoms with E-state index in [-0.39, 0.29) is 0 Å². The predicted octanol–water partition coefficient (Wildman–Crippen LogP) is 4.21. The summed E-state index contributed by atoms with van der Waals surface area (Å²) in [6.45, 7) is 1.66. The van der Waals surface area contributed by atoms with Crippen molar-refractivity contribution >= 4 is 5.91 Å². The Balaban J connectivity index is 2.30. The molecule has 25 heavy (non-hydrogen) atoms. The van der Waals surface area contributed by atoms with Crippen LogP contribution in [0.3, 0.4) is 0 Å². The van der Waals surface area contributed by atoms with Crippen LogP contribution in [0.2, 0.25) is 0 Å². The van der Waals surface area contributed by atoms with Crippen molar-refractivity contribution < 1.29 is 27.4 Å². The van der Waals surface area contributed by atoms with Crippen LogP contribution in [-0.4, -0.2) is 20.1 Å². The maximum absolute atomic E-state index is 13.1. The summed E-state index contributed by atoms with van der Waals surface area (Å²) in [5.41, 5.74) is -0.805. The maximum Gasteiger partial charge on any atom is 0.417 e. The van der Waals surface area contributed by atoms with Crippen LogP contribution in [0.5, 0.6) is 11.5 Å². The van der Waals surface area contributed by atoms with Gasteiger partial charge in [-0.15, -0.1) is 0 Å². The molecule has 0 spiro atoms. The molecule has 0 heterocycles. The molecule has 0 aromatic heterocycles. The SMILES string of the molecule is COc1ccc(OC)c([C@H](C)NC(=O)c2ccccc2C(F)(F)F)c1. The first-order chi connectivity index (χ1) is 11.8. The van der Waals surface area contributed by atoms with Crippen molar-refractivity contribution in [2.45, 2.75) is 19.1 Å². The van der Waals surface area contributed by atoms with Gasteiger partial charge in [0.2, 0.25) is 0 Å². The molecule has 0 bridgehead atoms. The van der Waals surface area contributed by atoms with Crippen molar-refractivity contribution in [3.05, 3.63) is 59.2 Å². The van der Waals surface area contributed by atoms with E-state index >= 15 is 0 Å². The minimum atomic E-state index is -4.61. The van der Waals surface area contributed by atoms with Gasteiger partial charge in [-0.05, 0) is 37.3 Å². The van der Waals surface area contributed by atoms with E-state index in [0.717, 1.165) is 12.1 Å². The van der Waals surface area contributed by atoms with Crippen molar-refractivity contribution in [2.24, 2.45) is 0 Å². The molecule has 0 radical (unpaired) electrons. The van der Waals surface area contributed by atoms with Gasteiger partial charge in [-0.3, -0.25) is 4.79 Å². The number of alkyl halides is 3. The fourth-order valence-corrected chi connectivity index (χ4v) is 2.46. The van der Waals surface area contributed by atoms with Crippen molar-refractivity contribution in [3.63, 3.8) is 0 Å². The van der Waals surface area contributed by atoms with Gasteiger partial charge in [0, 0.05) is 5.56 Å². The molecule has 134 valence electrons. The van der Waals surface area contributed by atoms with Crippen LogP contribution in [0.4, 0.5) is 13.2 Å². The lowest BCUT2D eigenvalue weighted by Gasteiger charge is -2.19. The lowest BCUT2D eigenvalue weighted by molar-refractivity contribution is -0.137. The molecule has 0 unspecified atom stereocenters. The number of ether oxygens (including phenoxy) is 2. The van der Waals surface area contributed by atoms with E-state index in [1.54, 1.807) is 25.1 Å². The molecule has 4 nitrogen and oxygen atoms in total. The predicted molar refractivity (Wildman–Crippen MR) is 86.9 cm³/mol. The highest BCUT2D eigenvalue weighted by atomic mass is 19.4. The Bertz CT molecular complexity index is 759. The Labute approximate surface area is 143 Å². The number of carbonyl (C=O) groups excluding carboxylic acids is 1. The van der Waals surface area contributed by atoms with Crippen LogP contribution in [0.15, 0.2) is 42.5 Å². The Morgan fingerprint density at radius 3 is 2.36 bits per heavy atom. The van der Waals surface area contributed by atoms with Gasteiger partial charge >= 0.3 is 6.18 Å². The second kappa shape index (κ2) is 7.46. The zero-order chi connectivity index (χ0) is 18.6. The average molecular weight is 353 g/mol. The quantitative estimate of drug-likeness (QED) is 0.876. The van der Waals surface area contributed by atoms with Gasteiger partial charge in [-0.1, -0.05) is 12.1 Å². The third-order valence-corrected chi connectivity index (χ3v) is 3.73. The smallest absolute Gasteiger partial charge is 0.417 e. The third kappa shape index (κ3) is 4.23. The summed E-state index contributed by atoms with van der Waals surface area (Å²) in [5, 5.41) is 2.58. The molecule has 1 N–H and O–H groups in total. The Morgan fingerprint density at radius 1 is 1.08 bits per heavy atom. The van der Waals surface area contributed by atoms with Crippen LogP contribution < -0.4 is 14.8 Å². The fourth-order valence-electron chi connectivity index (χ4n) is 2.46. The molecule has 2 aromatic rings. The molecular weight excluding hydrogens is 335 g/mol. The monoisotopic (exact) mass is 353 g/mol. The van der Waals surface area contributed by atoms with Gasteiger partial charge < -0.3 is 14.8 Å². The zero-order valence-corrected chi connectivity index (χ0v) is 14.0. The minimum Gasteiger partial charge on any atom is -0.497 e. The summed E-state index contributed by atoms with van der Waals surface area (Å²) in [4.78, 5) is 12.4. The molecule has 0 aliphatic heterocycles. The van der Waals surface area contributed by atoms with Gasteiger partial charge in [0.25, 0.3) is 5.91 Å². The first kappa shape index (κ1) is 18.6. The Kier molecular flexibility index (Phi) is 5.56. The summed E-state index contributed by atoms with van der Waals surface area (Å²) in [7, 11) is 2.97. The maximum atomic E-state index is 13.1. The van der Waals surface area contributed by atoms with Gasteiger partial charge in [-0.2, -0.15) is 13.2 Å². The van der Waals surface area contributed by atoms with E-state index < -0.39 is 29.3 Å². The third-order valence-electron chi connectivity index (χ3n) is 3.73. The number of hydrogen-bond acceptors (Lipinski definition) is 3. The van der Waals surface area contributed by atoms with Crippen LogP contribution in [-0.2, 0) is 6.18 Å². The summed E-state index contributed by atoms with van der Waals surface area (Å²) in [6, 6.07) is 9.10. The molecule has 1 amide bonds. The number of carbonyl (C=O) groups is 1. The van der Waals surface area contributed by atoms with Gasteiger partial charge in [0.1, 0.15) is 11.5 Å². The molecule has 0 aliphatic carbocycles. The standard InChI is InChI=1S/C18H18F3NO3/c1-11(14-10-12(24-2)8-9-16(14)25-3)22-17(23)13-6-4-5-7-15(13)18(19,20)21/h4-11H,1-3H3,(H,22,23)/t11-/m0/s1. The van der Waals surface area contributed by atoms with E-state index in [2.05, 4.69) is 5.32 Å². The van der Waals surface area contributed by atoms with Crippen LogP contribution in [0, 0.1) is 0 Å². The van der Waals surface area contributed by atoms with Crippen LogP contribution in [0.1, 0.15) is 34.5 Å². The van der Waals surface area contributed by atoms with Crippen molar-refractivity contribution in [3.8, 4) is 11.5 Å². The topological polar surface area (TPSA) is 47.6 Å². The summed E-state index contributed by atoms with van der Waals surface area (Å²) in [6.07, 6.45) is -4.61. The molecule has 2 rings (SSSR count). The highest BCUT2D eigenvalue weighted by Crippen LogP contribution is 2.33. The molecule has 7 heteroatoms. The Hall–Kier alpha value is -2.70. The number of methoxy groups -OCH3 is 2. The highest BCUT2D eigenvalue weighted by molar-refractivity contribution is 5.96. The van der Waals surface area contributed by atoms with Crippen molar-refractivity contribution in [2.75, 3.05) is 14.2 Å². The van der Waals surface area contributed by atoms with E-state index in [4.69, 9.17) is 9.47 Å². The van der Waals surface area contributed by atoms with Crippen molar-refractivity contribution in [1.29, 1.82) is 0 Å². The first-order valence-electron chi connectivity index (χ1n) is 7.47. The first-order valence-corrected chi connectivity index (χ1v) is 7.47. The number of hydrogen-bond donors (Lipinski definition) is 1. The number of nitrogens with one attached hydrogen (secondary N) is 1. The van der Waals surface area contributed by atoms with Crippen LogP contribution in [0.25, 0.3) is 0 Å². The number of benzene rings is 2. The number of amides is 1. The average Bonchev–Trinajstić information content (AvgIpc) is 2.60. The van der Waals surface area contributed by atoms with Crippen molar-refractivity contribution in [1.82, 2.24) is 5.32 Å². The molecule has 0 saturated carbocycles. The second-order valence-electron chi connectivity index (χ2n) is 5.35. The summed E-state index contributed by atoms with van der Waals surface area (Å²) < 4.78 is 49.6. The zero-order valence-electron chi connectivity index (χ0n) is 14.0. The Morgan fingerprint density at radius 2 is 1.76 bits per heavy atom. The molecule has 0 fully saturated rings. The van der Waals surface area contributed by atoms with E-state index in [0.29, 0.717) is 17.1 Å². The van der Waals surface area contributed by atoms with Gasteiger partial charge in [0.15, 0.2) is 0 Å². The van der Waals surface area contributed by atoms with E-state index in [1.807, 2.05) is 0 Å². The van der Waals surface area contributed by atoms with Gasteiger partial charge in [-0.25, -0.2) is 0 Å². The molecule has 0 saturated heterocycles. The normalized spacial score (nSPS) is 12.4.